The van der Waals surface area contributed by atoms with Crippen LogP contribution in [0.5, 0.6) is 0 Å². The molecule has 0 bridgehead atoms. The number of nitrogens with one attached hydrogen (secondary N) is 1. The van der Waals surface area contributed by atoms with Crippen LogP contribution in [0.25, 0.3) is 5.70 Å². The molecule has 2 aliphatic rings. The number of rotatable bonds is 6. The van der Waals surface area contributed by atoms with E-state index in [1.807, 2.05) is 36.4 Å². The lowest BCUT2D eigenvalue weighted by atomic mass is 10.1. The molecule has 0 saturated carbocycles. The molecule has 2 aromatic carbocycles. The van der Waals surface area contributed by atoms with Gasteiger partial charge < -0.3 is 5.32 Å². The monoisotopic (exact) mass is 389 g/mol. The van der Waals surface area contributed by atoms with Crippen LogP contribution in [-0.2, 0) is 4.79 Å². The van der Waals surface area contributed by atoms with E-state index in [1.165, 1.54) is 23.3 Å². The van der Waals surface area contributed by atoms with E-state index in [0.717, 1.165) is 18.7 Å². The van der Waals surface area contributed by atoms with Crippen molar-refractivity contribution in [1.29, 1.82) is 0 Å². The van der Waals surface area contributed by atoms with Crippen LogP contribution in [0.1, 0.15) is 47.3 Å². The maximum absolute atomic E-state index is 13.0. The Morgan fingerprint density at radius 3 is 2.31 bits per heavy atom. The Morgan fingerprint density at radius 1 is 1.03 bits per heavy atom. The van der Waals surface area contributed by atoms with Crippen molar-refractivity contribution in [1.82, 2.24) is 15.1 Å². The van der Waals surface area contributed by atoms with Gasteiger partial charge in [0.2, 0.25) is 5.91 Å². The summed E-state index contributed by atoms with van der Waals surface area (Å²) in [5.41, 5.74) is 3.21. The standard InChI is InChI=1S/C24H27N3O2/c1-17-20-12-6-7-13-21(20)24(29)27(17)18(2)23(28)25-16-22(26-14-8-9-15-26)19-10-4-3-5-11-19/h3-7,10-13,18,22H,1,8-9,14-16H2,2H3,(H,25,28). The minimum atomic E-state index is -0.614. The van der Waals surface area contributed by atoms with Crippen LogP contribution in [0.3, 0.4) is 0 Å². The number of hydrogen-bond donors (Lipinski definition) is 1. The molecule has 29 heavy (non-hydrogen) atoms. The van der Waals surface area contributed by atoms with Crippen molar-refractivity contribution in [3.63, 3.8) is 0 Å². The molecule has 2 atom stereocenters. The van der Waals surface area contributed by atoms with Crippen molar-refractivity contribution in [2.45, 2.75) is 31.8 Å². The van der Waals surface area contributed by atoms with Gasteiger partial charge in [0, 0.05) is 23.4 Å². The molecule has 2 aromatic rings. The van der Waals surface area contributed by atoms with E-state index < -0.39 is 6.04 Å². The summed E-state index contributed by atoms with van der Waals surface area (Å²) in [5, 5.41) is 3.09. The minimum absolute atomic E-state index is 0.143. The Hall–Kier alpha value is -2.92. The number of benzene rings is 2. The summed E-state index contributed by atoms with van der Waals surface area (Å²) in [6, 6.07) is 17.2. The first-order valence-corrected chi connectivity index (χ1v) is 10.3. The van der Waals surface area contributed by atoms with Crippen molar-refractivity contribution >= 4 is 17.5 Å². The number of fused-ring (bicyclic) bond motifs is 1. The topological polar surface area (TPSA) is 52.7 Å². The molecular formula is C24H27N3O2. The van der Waals surface area contributed by atoms with E-state index >= 15 is 0 Å². The highest BCUT2D eigenvalue weighted by molar-refractivity contribution is 6.10. The fraction of sp³-hybridized carbons (Fsp3) is 0.333. The molecule has 0 aliphatic carbocycles. The Bertz CT molecular complexity index is 884. The summed E-state index contributed by atoms with van der Waals surface area (Å²) in [6.07, 6.45) is 2.38. The third-order valence-corrected chi connectivity index (χ3v) is 5.98. The van der Waals surface area contributed by atoms with Crippen LogP contribution in [0.4, 0.5) is 0 Å². The highest BCUT2D eigenvalue weighted by Gasteiger charge is 2.37. The first kappa shape index (κ1) is 19.4. The summed E-state index contributed by atoms with van der Waals surface area (Å²) in [6.45, 7) is 8.42. The molecule has 4 rings (SSSR count). The van der Waals surface area contributed by atoms with Gasteiger partial charge in [0.1, 0.15) is 6.04 Å². The predicted molar refractivity (Wildman–Crippen MR) is 114 cm³/mol. The second-order valence-corrected chi connectivity index (χ2v) is 7.76. The van der Waals surface area contributed by atoms with Gasteiger partial charge >= 0.3 is 0 Å². The number of carbonyl (C=O) groups is 2. The number of likely N-dealkylation sites (tertiary alicyclic amines) is 1. The minimum Gasteiger partial charge on any atom is -0.352 e. The van der Waals surface area contributed by atoms with Crippen LogP contribution >= 0.6 is 0 Å². The van der Waals surface area contributed by atoms with E-state index in [4.69, 9.17) is 0 Å². The van der Waals surface area contributed by atoms with E-state index in [2.05, 4.69) is 28.9 Å². The third-order valence-electron chi connectivity index (χ3n) is 5.98. The number of carbonyl (C=O) groups excluding carboxylic acids is 2. The van der Waals surface area contributed by atoms with Crippen molar-refractivity contribution < 1.29 is 9.59 Å². The van der Waals surface area contributed by atoms with Crippen LogP contribution in [0, 0.1) is 0 Å². The lowest BCUT2D eigenvalue weighted by Crippen LogP contribution is -2.47. The van der Waals surface area contributed by atoms with Crippen LogP contribution < -0.4 is 5.32 Å². The van der Waals surface area contributed by atoms with Crippen LogP contribution in [-0.4, -0.2) is 47.3 Å². The van der Waals surface area contributed by atoms with Crippen molar-refractivity contribution in [3.05, 3.63) is 77.9 Å². The van der Waals surface area contributed by atoms with Crippen molar-refractivity contribution in [2.75, 3.05) is 19.6 Å². The largest absolute Gasteiger partial charge is 0.352 e. The molecule has 0 radical (unpaired) electrons. The molecule has 2 aliphatic heterocycles. The van der Waals surface area contributed by atoms with Gasteiger partial charge in [-0.3, -0.25) is 19.4 Å². The van der Waals surface area contributed by atoms with E-state index in [0.29, 0.717) is 17.8 Å². The zero-order valence-electron chi connectivity index (χ0n) is 16.8. The zero-order chi connectivity index (χ0) is 20.4. The average molecular weight is 389 g/mol. The van der Waals surface area contributed by atoms with Gasteiger partial charge in [0.15, 0.2) is 0 Å². The normalized spacial score (nSPS) is 18.6. The molecule has 2 unspecified atom stereocenters. The highest BCUT2D eigenvalue weighted by atomic mass is 16.2. The second-order valence-electron chi connectivity index (χ2n) is 7.76. The zero-order valence-corrected chi connectivity index (χ0v) is 16.8. The van der Waals surface area contributed by atoms with Gasteiger partial charge in [-0.05, 0) is 44.5 Å². The lowest BCUT2D eigenvalue weighted by molar-refractivity contribution is -0.124. The van der Waals surface area contributed by atoms with Crippen LogP contribution in [0.2, 0.25) is 0 Å². The molecule has 1 fully saturated rings. The summed E-state index contributed by atoms with van der Waals surface area (Å²) < 4.78 is 0. The Morgan fingerprint density at radius 2 is 1.66 bits per heavy atom. The molecule has 5 heteroatoms. The molecule has 1 N–H and O–H groups in total. The molecule has 1 saturated heterocycles. The summed E-state index contributed by atoms with van der Waals surface area (Å²) in [4.78, 5) is 29.7. The van der Waals surface area contributed by atoms with E-state index in [9.17, 15) is 9.59 Å². The van der Waals surface area contributed by atoms with Gasteiger partial charge in [0.25, 0.3) is 5.91 Å². The molecule has 2 heterocycles. The Kier molecular flexibility index (Phi) is 5.49. The summed E-state index contributed by atoms with van der Waals surface area (Å²) >= 11 is 0. The predicted octanol–water partition coefficient (Wildman–Crippen LogP) is 3.45. The van der Waals surface area contributed by atoms with Gasteiger partial charge in [-0.2, -0.15) is 0 Å². The van der Waals surface area contributed by atoms with Gasteiger partial charge in [0.05, 0.1) is 6.04 Å². The second kappa shape index (κ2) is 8.21. The maximum atomic E-state index is 13.0. The molecule has 0 spiro atoms. The third kappa shape index (κ3) is 3.70. The molecule has 150 valence electrons. The molecule has 2 amide bonds. The first-order valence-electron chi connectivity index (χ1n) is 10.3. The fourth-order valence-corrected chi connectivity index (χ4v) is 4.36. The summed E-state index contributed by atoms with van der Waals surface area (Å²) in [7, 11) is 0. The van der Waals surface area contributed by atoms with Gasteiger partial charge in [-0.15, -0.1) is 0 Å². The van der Waals surface area contributed by atoms with Crippen molar-refractivity contribution in [3.8, 4) is 0 Å². The Balaban J connectivity index is 1.46. The summed E-state index contributed by atoms with van der Waals surface area (Å²) in [5.74, 6) is -0.320. The van der Waals surface area contributed by atoms with Gasteiger partial charge in [-0.1, -0.05) is 55.1 Å². The number of amides is 2. The highest BCUT2D eigenvalue weighted by Crippen LogP contribution is 2.33. The molecule has 5 nitrogen and oxygen atoms in total. The SMILES string of the molecule is C=C1c2ccccc2C(=O)N1C(C)C(=O)NCC(c1ccccc1)N1CCCC1. The smallest absolute Gasteiger partial charge is 0.259 e. The average Bonchev–Trinajstić information content (AvgIpc) is 3.36. The Labute approximate surface area is 172 Å². The van der Waals surface area contributed by atoms with Crippen LogP contribution in [0.15, 0.2) is 61.2 Å². The first-order chi connectivity index (χ1) is 14.1. The fourth-order valence-electron chi connectivity index (χ4n) is 4.36. The van der Waals surface area contributed by atoms with Gasteiger partial charge in [-0.25, -0.2) is 0 Å². The quantitative estimate of drug-likeness (QED) is 0.823. The van der Waals surface area contributed by atoms with E-state index in [1.54, 1.807) is 13.0 Å². The van der Waals surface area contributed by atoms with Crippen molar-refractivity contribution in [2.24, 2.45) is 0 Å². The van der Waals surface area contributed by atoms with E-state index in [-0.39, 0.29) is 17.9 Å². The molecule has 0 aromatic heterocycles. The number of nitrogens with zero attached hydrogens (tertiary/aromatic N) is 2. The maximum Gasteiger partial charge on any atom is 0.259 e. The molecular weight excluding hydrogens is 362 g/mol. The lowest BCUT2D eigenvalue weighted by Gasteiger charge is -2.30. The number of hydrogen-bond acceptors (Lipinski definition) is 3.